The zero-order valence-electron chi connectivity index (χ0n) is 13.9. The molecule has 2 saturated heterocycles. The van der Waals surface area contributed by atoms with Crippen LogP contribution in [0.15, 0.2) is 0 Å². The summed E-state index contributed by atoms with van der Waals surface area (Å²) in [5.41, 5.74) is 0. The van der Waals surface area contributed by atoms with Gasteiger partial charge in [-0.05, 0) is 96.6 Å². The van der Waals surface area contributed by atoms with E-state index in [4.69, 9.17) is 0 Å². The Labute approximate surface area is 131 Å². The summed E-state index contributed by atoms with van der Waals surface area (Å²) >= 11 is 0. The maximum atomic E-state index is 3.62. The number of piperidine rings is 1. The summed E-state index contributed by atoms with van der Waals surface area (Å²) in [5.74, 6) is 0.988. The summed E-state index contributed by atoms with van der Waals surface area (Å²) in [5, 5.41) is 3.62. The standard InChI is InChI=1S/C18H35N3/c1(2-10-19-18-6-7-18)3-11-20-14-8-17(9-15-20)16-21-12-4-5-13-21/h17-19H,1-16H2. The molecule has 2 aliphatic heterocycles. The van der Waals surface area contributed by atoms with Gasteiger partial charge in [-0.3, -0.25) is 0 Å². The first-order valence-corrected chi connectivity index (χ1v) is 9.58. The Kier molecular flexibility index (Phi) is 6.38. The van der Waals surface area contributed by atoms with Gasteiger partial charge in [-0.25, -0.2) is 0 Å². The Morgan fingerprint density at radius 2 is 1.52 bits per heavy atom. The normalized spacial score (nSPS) is 25.7. The lowest BCUT2D eigenvalue weighted by Gasteiger charge is -2.33. The molecule has 3 fully saturated rings. The van der Waals surface area contributed by atoms with Crippen LogP contribution in [-0.4, -0.2) is 61.7 Å². The van der Waals surface area contributed by atoms with Crippen molar-refractivity contribution in [2.45, 2.75) is 63.8 Å². The highest BCUT2D eigenvalue weighted by Crippen LogP contribution is 2.21. The molecule has 0 aromatic rings. The van der Waals surface area contributed by atoms with Gasteiger partial charge in [0.2, 0.25) is 0 Å². The van der Waals surface area contributed by atoms with E-state index in [0.29, 0.717) is 0 Å². The van der Waals surface area contributed by atoms with E-state index in [0.717, 1.165) is 12.0 Å². The van der Waals surface area contributed by atoms with E-state index >= 15 is 0 Å². The number of nitrogens with one attached hydrogen (secondary N) is 1. The van der Waals surface area contributed by atoms with Crippen molar-refractivity contribution in [2.75, 3.05) is 45.8 Å². The highest BCUT2D eigenvalue weighted by Gasteiger charge is 2.22. The molecule has 3 heteroatoms. The summed E-state index contributed by atoms with van der Waals surface area (Å²) in [6.45, 7) is 9.45. The second-order valence-corrected chi connectivity index (χ2v) is 7.58. The first kappa shape index (κ1) is 15.8. The summed E-state index contributed by atoms with van der Waals surface area (Å²) < 4.78 is 0. The lowest BCUT2D eigenvalue weighted by Crippen LogP contribution is -2.38. The van der Waals surface area contributed by atoms with Crippen LogP contribution in [-0.2, 0) is 0 Å². The van der Waals surface area contributed by atoms with Crippen molar-refractivity contribution in [2.24, 2.45) is 5.92 Å². The first-order chi connectivity index (χ1) is 10.4. The summed E-state index contributed by atoms with van der Waals surface area (Å²) in [7, 11) is 0. The Morgan fingerprint density at radius 3 is 2.24 bits per heavy atom. The monoisotopic (exact) mass is 293 g/mol. The molecule has 1 saturated carbocycles. The predicted molar refractivity (Wildman–Crippen MR) is 89.7 cm³/mol. The van der Waals surface area contributed by atoms with Gasteiger partial charge >= 0.3 is 0 Å². The quantitative estimate of drug-likeness (QED) is 0.660. The number of hydrogen-bond acceptors (Lipinski definition) is 3. The van der Waals surface area contributed by atoms with Crippen molar-refractivity contribution in [3.05, 3.63) is 0 Å². The number of rotatable bonds is 9. The molecule has 0 spiro atoms. The van der Waals surface area contributed by atoms with E-state index in [9.17, 15) is 0 Å². The van der Waals surface area contributed by atoms with Gasteiger partial charge in [0.05, 0.1) is 0 Å². The van der Waals surface area contributed by atoms with Crippen LogP contribution in [0.25, 0.3) is 0 Å². The van der Waals surface area contributed by atoms with E-state index in [-0.39, 0.29) is 0 Å². The van der Waals surface area contributed by atoms with Crippen LogP contribution >= 0.6 is 0 Å². The van der Waals surface area contributed by atoms with Crippen molar-refractivity contribution in [3.8, 4) is 0 Å². The molecule has 21 heavy (non-hydrogen) atoms. The van der Waals surface area contributed by atoms with Gasteiger partial charge in [0, 0.05) is 12.6 Å². The van der Waals surface area contributed by atoms with Crippen LogP contribution in [0.4, 0.5) is 0 Å². The molecule has 0 amide bonds. The fourth-order valence-corrected chi connectivity index (χ4v) is 3.95. The Morgan fingerprint density at radius 1 is 0.762 bits per heavy atom. The number of likely N-dealkylation sites (tertiary alicyclic amines) is 2. The van der Waals surface area contributed by atoms with Crippen molar-refractivity contribution >= 4 is 0 Å². The Bertz CT molecular complexity index is 276. The maximum Gasteiger partial charge on any atom is 0.00682 e. The van der Waals surface area contributed by atoms with Crippen LogP contribution in [0.1, 0.15) is 57.8 Å². The van der Waals surface area contributed by atoms with E-state index in [1.54, 1.807) is 0 Å². The third-order valence-electron chi connectivity index (χ3n) is 5.58. The summed E-state index contributed by atoms with van der Waals surface area (Å²) in [4.78, 5) is 5.42. The molecule has 0 atom stereocenters. The minimum atomic E-state index is 0.889. The molecule has 0 aromatic carbocycles. The number of nitrogens with zero attached hydrogens (tertiary/aromatic N) is 2. The fourth-order valence-electron chi connectivity index (χ4n) is 3.95. The third-order valence-corrected chi connectivity index (χ3v) is 5.58. The highest BCUT2D eigenvalue weighted by molar-refractivity contribution is 4.80. The SMILES string of the molecule is C(CCNC1CC1)CCN1CCC(CN2CCCC2)CC1. The van der Waals surface area contributed by atoms with Crippen LogP contribution in [0.3, 0.4) is 0 Å². The molecular formula is C18H35N3. The van der Waals surface area contributed by atoms with E-state index in [2.05, 4.69) is 15.1 Å². The lowest BCUT2D eigenvalue weighted by atomic mass is 9.96. The van der Waals surface area contributed by atoms with Crippen molar-refractivity contribution in [1.29, 1.82) is 0 Å². The molecule has 0 bridgehead atoms. The average molecular weight is 293 g/mol. The van der Waals surface area contributed by atoms with Crippen LogP contribution < -0.4 is 5.32 Å². The van der Waals surface area contributed by atoms with Crippen LogP contribution in [0, 0.1) is 5.92 Å². The second kappa shape index (κ2) is 8.50. The van der Waals surface area contributed by atoms with Crippen molar-refractivity contribution < 1.29 is 0 Å². The Balaban J connectivity index is 1.17. The van der Waals surface area contributed by atoms with Gasteiger partial charge in [0.25, 0.3) is 0 Å². The minimum Gasteiger partial charge on any atom is -0.314 e. The molecule has 3 rings (SSSR count). The molecule has 1 N–H and O–H groups in total. The zero-order chi connectivity index (χ0) is 14.3. The average Bonchev–Trinajstić information content (AvgIpc) is 3.19. The third kappa shape index (κ3) is 5.88. The summed E-state index contributed by atoms with van der Waals surface area (Å²) in [6, 6.07) is 0.889. The van der Waals surface area contributed by atoms with Crippen LogP contribution in [0.2, 0.25) is 0 Å². The largest absolute Gasteiger partial charge is 0.314 e. The van der Waals surface area contributed by atoms with Crippen molar-refractivity contribution in [1.82, 2.24) is 15.1 Å². The zero-order valence-corrected chi connectivity index (χ0v) is 13.9. The number of unbranched alkanes of at least 4 members (excludes halogenated alkanes) is 2. The van der Waals surface area contributed by atoms with E-state index in [1.807, 2.05) is 0 Å². The van der Waals surface area contributed by atoms with Crippen molar-refractivity contribution in [3.63, 3.8) is 0 Å². The smallest absolute Gasteiger partial charge is 0.00682 e. The predicted octanol–water partition coefficient (Wildman–Crippen LogP) is 2.72. The molecule has 3 aliphatic rings. The first-order valence-electron chi connectivity index (χ1n) is 9.58. The fraction of sp³-hybridized carbons (Fsp3) is 1.00. The summed E-state index contributed by atoms with van der Waals surface area (Å²) in [6.07, 6.45) is 12.8. The van der Waals surface area contributed by atoms with Gasteiger partial charge in [0.1, 0.15) is 0 Å². The number of hydrogen-bond donors (Lipinski definition) is 1. The maximum absolute atomic E-state index is 3.62. The molecule has 0 unspecified atom stereocenters. The van der Waals surface area contributed by atoms with Gasteiger partial charge in [-0.2, -0.15) is 0 Å². The van der Waals surface area contributed by atoms with E-state index < -0.39 is 0 Å². The van der Waals surface area contributed by atoms with Gasteiger partial charge in [-0.15, -0.1) is 0 Å². The Hall–Kier alpha value is -0.120. The molecule has 0 radical (unpaired) electrons. The van der Waals surface area contributed by atoms with Crippen LogP contribution in [0.5, 0.6) is 0 Å². The van der Waals surface area contributed by atoms with Gasteiger partial charge in [0.15, 0.2) is 0 Å². The van der Waals surface area contributed by atoms with Gasteiger partial charge < -0.3 is 15.1 Å². The molecule has 2 heterocycles. The molecule has 122 valence electrons. The molecular weight excluding hydrogens is 258 g/mol. The minimum absolute atomic E-state index is 0.889. The van der Waals surface area contributed by atoms with E-state index in [1.165, 1.54) is 104 Å². The lowest BCUT2D eigenvalue weighted by molar-refractivity contribution is 0.152. The topological polar surface area (TPSA) is 18.5 Å². The molecule has 1 aliphatic carbocycles. The second-order valence-electron chi connectivity index (χ2n) is 7.58. The molecule has 0 aromatic heterocycles. The van der Waals surface area contributed by atoms with Gasteiger partial charge in [-0.1, -0.05) is 6.42 Å². The highest BCUT2D eigenvalue weighted by atomic mass is 15.2. The molecule has 3 nitrogen and oxygen atoms in total.